The van der Waals surface area contributed by atoms with Crippen molar-refractivity contribution in [1.82, 2.24) is 9.97 Å². The Balaban J connectivity index is 2.26. The molecule has 0 aliphatic heterocycles. The summed E-state index contributed by atoms with van der Waals surface area (Å²) in [5.41, 5.74) is 13.0. The number of nitrogens with zero attached hydrogens (tertiary/aromatic N) is 3. The van der Waals surface area contributed by atoms with E-state index in [1.54, 1.807) is 6.07 Å². The molecule has 0 amide bonds. The van der Waals surface area contributed by atoms with Crippen molar-refractivity contribution in [2.24, 2.45) is 0 Å². The van der Waals surface area contributed by atoms with Crippen molar-refractivity contribution in [3.8, 4) is 17.3 Å². The van der Waals surface area contributed by atoms with Crippen molar-refractivity contribution >= 4 is 11.8 Å². The average molecular weight is 343 g/mol. The number of nitrogens with two attached hydrogens (primary N) is 2. The van der Waals surface area contributed by atoms with Gasteiger partial charge in [0, 0.05) is 12.2 Å². The first-order valence-corrected chi connectivity index (χ1v) is 8.26. The van der Waals surface area contributed by atoms with Crippen molar-refractivity contribution < 1.29 is 9.13 Å². The summed E-state index contributed by atoms with van der Waals surface area (Å²) in [5, 5.41) is 9.34. The lowest BCUT2D eigenvalue weighted by molar-refractivity contribution is 0.117. The average Bonchev–Trinajstić information content (AvgIpc) is 2.57. The second-order valence-corrected chi connectivity index (χ2v) is 5.72. The molecule has 132 valence electrons. The molecule has 1 heterocycles. The van der Waals surface area contributed by atoms with Crippen LogP contribution < -0.4 is 11.5 Å². The number of nitriles is 1. The smallest absolute Gasteiger partial charge is 0.222 e. The van der Waals surface area contributed by atoms with Gasteiger partial charge in [-0.2, -0.15) is 10.2 Å². The molecule has 0 spiro atoms. The summed E-state index contributed by atoms with van der Waals surface area (Å²) >= 11 is 0. The van der Waals surface area contributed by atoms with E-state index >= 15 is 0 Å². The first-order chi connectivity index (χ1) is 12.1. The fraction of sp³-hybridized carbons (Fsp3) is 0.389. The monoisotopic (exact) mass is 343 g/mol. The summed E-state index contributed by atoms with van der Waals surface area (Å²) in [6.07, 6.45) is 4.38. The third kappa shape index (κ3) is 4.88. The Morgan fingerprint density at radius 1 is 1.20 bits per heavy atom. The van der Waals surface area contributed by atoms with E-state index in [1.807, 2.05) is 6.07 Å². The van der Waals surface area contributed by atoms with Gasteiger partial charge in [-0.3, -0.25) is 0 Å². The number of unbranched alkanes of at least 4 members (excludes halogenated alkanes) is 3. The second-order valence-electron chi connectivity index (χ2n) is 5.72. The van der Waals surface area contributed by atoms with Gasteiger partial charge < -0.3 is 16.2 Å². The Morgan fingerprint density at radius 3 is 2.72 bits per heavy atom. The van der Waals surface area contributed by atoms with E-state index in [-0.39, 0.29) is 35.4 Å². The maximum Gasteiger partial charge on any atom is 0.222 e. The number of ether oxygens (including phenoxy) is 1. The first-order valence-electron chi connectivity index (χ1n) is 8.26. The van der Waals surface area contributed by atoms with Crippen LogP contribution in [0.3, 0.4) is 0 Å². The molecule has 0 saturated carbocycles. The zero-order chi connectivity index (χ0) is 18.2. The van der Waals surface area contributed by atoms with Gasteiger partial charge in [0.1, 0.15) is 23.3 Å². The van der Waals surface area contributed by atoms with Crippen LogP contribution >= 0.6 is 0 Å². The van der Waals surface area contributed by atoms with Gasteiger partial charge in [-0.1, -0.05) is 26.2 Å². The van der Waals surface area contributed by atoms with Gasteiger partial charge in [-0.15, -0.1) is 0 Å². The van der Waals surface area contributed by atoms with E-state index in [0.717, 1.165) is 19.3 Å². The number of benzene rings is 1. The lowest BCUT2D eigenvalue weighted by Gasteiger charge is -2.12. The Bertz CT molecular complexity index is 773. The van der Waals surface area contributed by atoms with Gasteiger partial charge in [-0.05, 0) is 30.2 Å². The van der Waals surface area contributed by atoms with E-state index < -0.39 is 0 Å². The fourth-order valence-corrected chi connectivity index (χ4v) is 2.53. The van der Waals surface area contributed by atoms with Crippen molar-refractivity contribution in [3.63, 3.8) is 0 Å². The standard InChI is InChI=1S/C18H22FN5O/c1-2-3-4-5-8-25-11-12-9-13(19)6-7-14(12)16-15(10-20)17(21)24-18(22)23-16/h6-7,9H,2-5,8,11H2,1H3,(H4,21,22,23,24). The quantitative estimate of drug-likeness (QED) is 0.711. The predicted molar refractivity (Wildman–Crippen MR) is 94.8 cm³/mol. The van der Waals surface area contributed by atoms with Crippen LogP contribution in [0.2, 0.25) is 0 Å². The minimum absolute atomic E-state index is 0.000703. The second kappa shape index (κ2) is 8.94. The number of hydrogen-bond donors (Lipinski definition) is 2. The van der Waals surface area contributed by atoms with Gasteiger partial charge in [0.05, 0.1) is 12.3 Å². The van der Waals surface area contributed by atoms with Crippen molar-refractivity contribution in [3.05, 3.63) is 35.1 Å². The summed E-state index contributed by atoms with van der Waals surface area (Å²) in [7, 11) is 0. The Hall–Kier alpha value is -2.72. The van der Waals surface area contributed by atoms with Crippen LogP contribution in [0.5, 0.6) is 0 Å². The molecule has 2 rings (SSSR count). The van der Waals surface area contributed by atoms with E-state index in [9.17, 15) is 9.65 Å². The molecule has 0 atom stereocenters. The van der Waals surface area contributed by atoms with Crippen LogP contribution in [0, 0.1) is 17.1 Å². The minimum Gasteiger partial charge on any atom is -0.382 e. The Morgan fingerprint density at radius 2 is 2.00 bits per heavy atom. The highest BCUT2D eigenvalue weighted by atomic mass is 19.1. The molecule has 0 aliphatic rings. The summed E-state index contributed by atoms with van der Waals surface area (Å²) in [4.78, 5) is 7.92. The van der Waals surface area contributed by atoms with Crippen LogP contribution in [0.1, 0.15) is 43.7 Å². The van der Waals surface area contributed by atoms with E-state index in [4.69, 9.17) is 16.2 Å². The largest absolute Gasteiger partial charge is 0.382 e. The molecule has 1 aromatic heterocycles. The normalized spacial score (nSPS) is 10.6. The number of hydrogen-bond acceptors (Lipinski definition) is 6. The molecule has 6 nitrogen and oxygen atoms in total. The third-order valence-corrected chi connectivity index (χ3v) is 3.79. The van der Waals surface area contributed by atoms with Crippen LogP contribution in [-0.4, -0.2) is 16.6 Å². The number of anilines is 2. The topological polar surface area (TPSA) is 111 Å². The lowest BCUT2D eigenvalue weighted by atomic mass is 10.0. The molecular formula is C18H22FN5O. The molecule has 1 aromatic carbocycles. The molecular weight excluding hydrogens is 321 g/mol. The first kappa shape index (κ1) is 18.6. The number of aromatic nitrogens is 2. The Kier molecular flexibility index (Phi) is 6.66. The molecule has 2 aromatic rings. The maximum absolute atomic E-state index is 13.7. The molecule has 0 radical (unpaired) electrons. The third-order valence-electron chi connectivity index (χ3n) is 3.79. The highest BCUT2D eigenvalue weighted by Crippen LogP contribution is 2.29. The minimum atomic E-state index is -0.387. The lowest BCUT2D eigenvalue weighted by Crippen LogP contribution is -2.07. The molecule has 0 saturated heterocycles. The van der Waals surface area contributed by atoms with Crippen molar-refractivity contribution in [2.45, 2.75) is 39.2 Å². The van der Waals surface area contributed by atoms with Crippen LogP contribution in [0.15, 0.2) is 18.2 Å². The summed E-state index contributed by atoms with van der Waals surface area (Å²) in [6, 6.07) is 6.20. The van der Waals surface area contributed by atoms with Crippen molar-refractivity contribution in [2.75, 3.05) is 18.1 Å². The molecule has 0 aliphatic carbocycles. The fourth-order valence-electron chi connectivity index (χ4n) is 2.53. The molecule has 0 unspecified atom stereocenters. The SMILES string of the molecule is CCCCCCOCc1cc(F)ccc1-c1nc(N)nc(N)c1C#N. The summed E-state index contributed by atoms with van der Waals surface area (Å²) in [6.45, 7) is 2.95. The zero-order valence-corrected chi connectivity index (χ0v) is 14.3. The number of rotatable bonds is 8. The van der Waals surface area contributed by atoms with Crippen LogP contribution in [-0.2, 0) is 11.3 Å². The van der Waals surface area contributed by atoms with Crippen LogP contribution in [0.25, 0.3) is 11.3 Å². The molecule has 4 N–H and O–H groups in total. The van der Waals surface area contributed by atoms with Crippen LogP contribution in [0.4, 0.5) is 16.2 Å². The van der Waals surface area contributed by atoms with Gasteiger partial charge in [0.2, 0.25) is 5.95 Å². The van der Waals surface area contributed by atoms with Gasteiger partial charge in [0.15, 0.2) is 0 Å². The summed E-state index contributed by atoms with van der Waals surface area (Å²) in [5.74, 6) is -0.426. The number of nitrogen functional groups attached to an aromatic ring is 2. The number of halogens is 1. The van der Waals surface area contributed by atoms with Crippen molar-refractivity contribution in [1.29, 1.82) is 5.26 Å². The molecule has 7 heteroatoms. The summed E-state index contributed by atoms with van der Waals surface area (Å²) < 4.78 is 19.3. The predicted octanol–water partition coefficient (Wildman–Crippen LogP) is 3.42. The zero-order valence-electron chi connectivity index (χ0n) is 14.3. The van der Waals surface area contributed by atoms with E-state index in [2.05, 4.69) is 16.9 Å². The maximum atomic E-state index is 13.7. The highest BCUT2D eigenvalue weighted by Gasteiger charge is 2.17. The van der Waals surface area contributed by atoms with E-state index in [1.165, 1.54) is 18.6 Å². The molecule has 25 heavy (non-hydrogen) atoms. The highest BCUT2D eigenvalue weighted by molar-refractivity contribution is 5.75. The van der Waals surface area contributed by atoms with E-state index in [0.29, 0.717) is 17.7 Å². The van der Waals surface area contributed by atoms with Gasteiger partial charge in [-0.25, -0.2) is 9.37 Å². The van der Waals surface area contributed by atoms with Gasteiger partial charge in [0.25, 0.3) is 0 Å². The Labute approximate surface area is 146 Å². The molecule has 0 fully saturated rings. The van der Waals surface area contributed by atoms with Gasteiger partial charge >= 0.3 is 0 Å². The molecule has 0 bridgehead atoms.